The van der Waals surface area contributed by atoms with Crippen LogP contribution in [-0.2, 0) is 4.79 Å². The number of amides is 1. The summed E-state index contributed by atoms with van der Waals surface area (Å²) in [7, 11) is 1.95. The van der Waals surface area contributed by atoms with E-state index in [1.54, 1.807) is 0 Å². The second-order valence-electron chi connectivity index (χ2n) is 5.57. The van der Waals surface area contributed by atoms with Crippen molar-refractivity contribution in [2.75, 3.05) is 7.05 Å². The van der Waals surface area contributed by atoms with E-state index in [2.05, 4.69) is 0 Å². The summed E-state index contributed by atoms with van der Waals surface area (Å²) in [6.45, 7) is 0. The molecule has 0 aromatic carbocycles. The highest BCUT2D eigenvalue weighted by molar-refractivity contribution is 5.86. The van der Waals surface area contributed by atoms with Crippen molar-refractivity contribution in [3.63, 3.8) is 0 Å². The highest BCUT2D eigenvalue weighted by Crippen LogP contribution is 2.31. The zero-order valence-corrected chi connectivity index (χ0v) is 11.6. The lowest BCUT2D eigenvalue weighted by molar-refractivity contribution is -0.138. The molecule has 2 fully saturated rings. The minimum atomic E-state index is -0.536. The van der Waals surface area contributed by atoms with Gasteiger partial charge in [0.2, 0.25) is 5.91 Å². The van der Waals surface area contributed by atoms with E-state index in [0.717, 1.165) is 25.7 Å². The third kappa shape index (κ3) is 3.14. The van der Waals surface area contributed by atoms with E-state index >= 15 is 0 Å². The van der Waals surface area contributed by atoms with Crippen molar-refractivity contribution in [2.45, 2.75) is 69.4 Å². The molecule has 0 saturated heterocycles. The molecule has 0 aromatic heterocycles. The Labute approximate surface area is 111 Å². The van der Waals surface area contributed by atoms with E-state index in [-0.39, 0.29) is 18.3 Å². The molecule has 0 unspecified atom stereocenters. The Morgan fingerprint density at radius 2 is 1.65 bits per heavy atom. The largest absolute Gasteiger partial charge is 0.341 e. The number of halogens is 1. The maximum atomic E-state index is 12.4. The molecule has 2 aliphatic rings. The van der Waals surface area contributed by atoms with Crippen LogP contribution in [0.15, 0.2) is 0 Å². The number of nitrogens with zero attached hydrogens (tertiary/aromatic N) is 1. The lowest BCUT2D eigenvalue weighted by atomic mass is 9.91. The molecule has 4 heteroatoms. The maximum absolute atomic E-state index is 12.4. The molecule has 2 saturated carbocycles. The van der Waals surface area contributed by atoms with Gasteiger partial charge in [-0.05, 0) is 25.7 Å². The van der Waals surface area contributed by atoms with Gasteiger partial charge in [0.05, 0.1) is 5.54 Å². The fraction of sp³-hybridized carbons (Fsp3) is 0.923. The topological polar surface area (TPSA) is 46.3 Å². The van der Waals surface area contributed by atoms with E-state index < -0.39 is 5.54 Å². The number of likely N-dealkylation sites (N-methyl/N-ethyl adjacent to an activating group) is 1. The third-order valence-corrected chi connectivity index (χ3v) is 4.36. The van der Waals surface area contributed by atoms with Gasteiger partial charge in [-0.15, -0.1) is 12.4 Å². The first-order chi connectivity index (χ1) is 7.63. The molecule has 1 amide bonds. The maximum Gasteiger partial charge on any atom is 0.242 e. The molecule has 0 atom stereocenters. The van der Waals surface area contributed by atoms with E-state index in [4.69, 9.17) is 5.73 Å². The van der Waals surface area contributed by atoms with Crippen molar-refractivity contribution in [1.29, 1.82) is 0 Å². The molecule has 0 heterocycles. The average Bonchev–Trinajstić information content (AvgIpc) is 2.77. The molecule has 0 radical (unpaired) electrons. The van der Waals surface area contributed by atoms with Gasteiger partial charge in [0.25, 0.3) is 0 Å². The summed E-state index contributed by atoms with van der Waals surface area (Å²) in [6.07, 6.45) is 10.2. The molecule has 2 rings (SSSR count). The van der Waals surface area contributed by atoms with Gasteiger partial charge in [0, 0.05) is 13.1 Å². The lowest BCUT2D eigenvalue weighted by Crippen LogP contribution is -2.55. The smallest absolute Gasteiger partial charge is 0.242 e. The highest BCUT2D eigenvalue weighted by Gasteiger charge is 2.40. The molecular weight excluding hydrogens is 236 g/mol. The van der Waals surface area contributed by atoms with Crippen LogP contribution >= 0.6 is 12.4 Å². The van der Waals surface area contributed by atoms with Crippen LogP contribution in [-0.4, -0.2) is 29.4 Å². The summed E-state index contributed by atoms with van der Waals surface area (Å²) in [4.78, 5) is 14.3. The summed E-state index contributed by atoms with van der Waals surface area (Å²) in [5.74, 6) is 0.192. The fourth-order valence-electron chi connectivity index (χ4n) is 3.21. The highest BCUT2D eigenvalue weighted by atomic mass is 35.5. The predicted octanol–water partition coefficient (Wildman–Crippen LogP) is 2.47. The predicted molar refractivity (Wildman–Crippen MR) is 72.3 cm³/mol. The zero-order chi connectivity index (χ0) is 11.6. The van der Waals surface area contributed by atoms with Crippen molar-refractivity contribution in [3.8, 4) is 0 Å². The van der Waals surface area contributed by atoms with Gasteiger partial charge >= 0.3 is 0 Å². The van der Waals surface area contributed by atoms with E-state index in [9.17, 15) is 4.79 Å². The van der Waals surface area contributed by atoms with Gasteiger partial charge in [-0.1, -0.05) is 32.1 Å². The van der Waals surface area contributed by atoms with Crippen molar-refractivity contribution in [3.05, 3.63) is 0 Å². The van der Waals surface area contributed by atoms with Gasteiger partial charge in [-0.25, -0.2) is 0 Å². The summed E-state index contributed by atoms with van der Waals surface area (Å²) in [6, 6.07) is 0.447. The Morgan fingerprint density at radius 1 is 1.12 bits per heavy atom. The molecule has 0 bridgehead atoms. The second kappa shape index (κ2) is 6.05. The van der Waals surface area contributed by atoms with Crippen molar-refractivity contribution in [1.82, 2.24) is 4.90 Å². The Bertz CT molecular complexity index is 258. The van der Waals surface area contributed by atoms with Gasteiger partial charge in [0.1, 0.15) is 0 Å². The number of hydrogen-bond acceptors (Lipinski definition) is 2. The number of carbonyl (C=O) groups excluding carboxylic acids is 1. The van der Waals surface area contributed by atoms with Gasteiger partial charge < -0.3 is 10.6 Å². The first-order valence-corrected chi connectivity index (χ1v) is 6.70. The van der Waals surface area contributed by atoms with Gasteiger partial charge in [-0.3, -0.25) is 4.79 Å². The van der Waals surface area contributed by atoms with Gasteiger partial charge in [0.15, 0.2) is 0 Å². The average molecular weight is 261 g/mol. The molecule has 0 aromatic rings. The molecule has 100 valence electrons. The summed E-state index contributed by atoms with van der Waals surface area (Å²) in [5, 5.41) is 0. The van der Waals surface area contributed by atoms with Crippen LogP contribution in [0.25, 0.3) is 0 Å². The van der Waals surface area contributed by atoms with E-state index in [0.29, 0.717) is 6.04 Å². The van der Waals surface area contributed by atoms with Crippen molar-refractivity contribution < 1.29 is 4.79 Å². The molecule has 17 heavy (non-hydrogen) atoms. The summed E-state index contributed by atoms with van der Waals surface area (Å²) in [5.41, 5.74) is 5.68. The molecule has 2 aliphatic carbocycles. The van der Waals surface area contributed by atoms with Crippen LogP contribution in [0.4, 0.5) is 0 Å². The minimum absolute atomic E-state index is 0. The fourth-order valence-corrected chi connectivity index (χ4v) is 3.21. The quantitative estimate of drug-likeness (QED) is 0.829. The zero-order valence-electron chi connectivity index (χ0n) is 10.8. The third-order valence-electron chi connectivity index (χ3n) is 4.36. The van der Waals surface area contributed by atoms with Gasteiger partial charge in [-0.2, -0.15) is 0 Å². The molecule has 0 aliphatic heterocycles. The number of rotatable bonds is 2. The second-order valence-corrected chi connectivity index (χ2v) is 5.57. The summed E-state index contributed by atoms with van der Waals surface area (Å²) >= 11 is 0. The molecule has 0 spiro atoms. The van der Waals surface area contributed by atoms with Crippen LogP contribution in [0.2, 0.25) is 0 Å². The lowest BCUT2D eigenvalue weighted by Gasteiger charge is -2.36. The molecule has 3 nitrogen and oxygen atoms in total. The molecule has 2 N–H and O–H groups in total. The Balaban J connectivity index is 0.00000144. The number of hydrogen-bond donors (Lipinski definition) is 1. The number of carbonyl (C=O) groups is 1. The SMILES string of the molecule is CN(C(=O)C1(N)CCCC1)C1CCCCC1.Cl. The van der Waals surface area contributed by atoms with E-state index in [1.165, 1.54) is 32.1 Å². The van der Waals surface area contributed by atoms with Crippen LogP contribution < -0.4 is 5.73 Å². The summed E-state index contributed by atoms with van der Waals surface area (Å²) < 4.78 is 0. The standard InChI is InChI=1S/C13H24N2O.ClH/c1-15(11-7-3-2-4-8-11)12(16)13(14)9-5-6-10-13;/h11H,2-10,14H2,1H3;1H. The van der Waals surface area contributed by atoms with Crippen LogP contribution in [0.5, 0.6) is 0 Å². The first kappa shape index (κ1) is 14.8. The van der Waals surface area contributed by atoms with E-state index in [1.807, 2.05) is 11.9 Å². The van der Waals surface area contributed by atoms with Crippen molar-refractivity contribution >= 4 is 18.3 Å². The Hall–Kier alpha value is -0.280. The minimum Gasteiger partial charge on any atom is -0.341 e. The van der Waals surface area contributed by atoms with Crippen LogP contribution in [0, 0.1) is 0 Å². The molecular formula is C13H25ClN2O. The van der Waals surface area contributed by atoms with Crippen LogP contribution in [0.1, 0.15) is 57.8 Å². The van der Waals surface area contributed by atoms with Crippen molar-refractivity contribution in [2.24, 2.45) is 5.73 Å². The Kier molecular flexibility index (Phi) is 5.26. The Morgan fingerprint density at radius 3 is 2.18 bits per heavy atom. The monoisotopic (exact) mass is 260 g/mol. The normalized spacial score (nSPS) is 24.1. The number of nitrogens with two attached hydrogens (primary N) is 1. The first-order valence-electron chi connectivity index (χ1n) is 6.70. The van der Waals surface area contributed by atoms with Crippen LogP contribution in [0.3, 0.4) is 0 Å².